The summed E-state index contributed by atoms with van der Waals surface area (Å²) in [5.41, 5.74) is 8.81. The number of hydrogen-bond acceptors (Lipinski definition) is 10. The Morgan fingerprint density at radius 3 is 2.00 bits per heavy atom. The van der Waals surface area contributed by atoms with E-state index >= 15 is 0 Å². The first kappa shape index (κ1) is 40.8. The van der Waals surface area contributed by atoms with Crippen molar-refractivity contribution in [2.45, 2.75) is 49.9 Å². The van der Waals surface area contributed by atoms with Crippen LogP contribution >= 0.6 is 0 Å². The lowest BCUT2D eigenvalue weighted by molar-refractivity contribution is -0.143. The number of carboxylic acids is 2. The molecule has 0 saturated heterocycles. The molecule has 11 N–H and O–H groups in total. The normalized spacial score (nSPS) is 13.4. The number of aromatic amines is 1. The number of H-pyrrole nitrogens is 1. The number of para-hydroxylation sites is 1. The number of hydrogen-bond donors (Lipinski definition) is 10. The number of rotatable bonds is 19. The molecule has 0 aliphatic rings. The van der Waals surface area contributed by atoms with Crippen molar-refractivity contribution in [1.29, 1.82) is 0 Å². The van der Waals surface area contributed by atoms with Crippen molar-refractivity contribution in [2.75, 3.05) is 13.2 Å². The van der Waals surface area contributed by atoms with Gasteiger partial charge in [-0.15, -0.1) is 0 Å². The standard InChI is InChI=1S/C37H42N8O10/c1-39-33(27(38)16-21-6-10-24(46)11-7-21)45-55-15-14-40-37(54)44-29(17-22-8-12-25(47)13-9-22)34(50)42-30(19-32(48)49)35(51)43-31(36(52)53)18-23-20-41-28-5-3-2-4-26(23)28/h2-13,20,27,29-31,41,46-47H,1,14-19,38H2,(H,42,50)(H,43,51)(H,48,49)(H,52,53)(H2,40,44,54)/b45-33-/t27-,29-,30-,31-/m0/s1. The number of phenols is 2. The van der Waals surface area contributed by atoms with Crippen LogP contribution in [0.15, 0.2) is 89.1 Å². The molecule has 0 bridgehead atoms. The molecule has 18 heteroatoms. The van der Waals surface area contributed by atoms with Crippen molar-refractivity contribution in [3.8, 4) is 11.5 Å². The summed E-state index contributed by atoms with van der Waals surface area (Å²) in [6.07, 6.45) is 0.754. The van der Waals surface area contributed by atoms with Crippen LogP contribution in [0.1, 0.15) is 23.1 Å². The van der Waals surface area contributed by atoms with Gasteiger partial charge in [0, 0.05) is 29.9 Å². The second-order valence-corrected chi connectivity index (χ2v) is 12.4. The van der Waals surface area contributed by atoms with Crippen LogP contribution in [0.25, 0.3) is 10.9 Å². The predicted octanol–water partition coefficient (Wildman–Crippen LogP) is 1.16. The summed E-state index contributed by atoms with van der Waals surface area (Å²) in [4.78, 5) is 75.8. The fourth-order valence-electron chi connectivity index (χ4n) is 5.45. The number of phenolic OH excluding ortho intramolecular Hbond substituents is 2. The lowest BCUT2D eigenvalue weighted by Gasteiger charge is -2.24. The van der Waals surface area contributed by atoms with Crippen LogP contribution in [-0.4, -0.2) is 105 Å². The number of aromatic hydroxyl groups is 2. The number of aromatic nitrogens is 1. The van der Waals surface area contributed by atoms with E-state index in [2.05, 4.69) is 43.1 Å². The quantitative estimate of drug-likeness (QED) is 0.0280. The van der Waals surface area contributed by atoms with Crippen molar-refractivity contribution in [3.63, 3.8) is 0 Å². The average Bonchev–Trinajstić information content (AvgIpc) is 3.56. The molecule has 0 radical (unpaired) electrons. The molecule has 0 aliphatic heterocycles. The van der Waals surface area contributed by atoms with Gasteiger partial charge in [0.1, 0.15) is 36.2 Å². The molecular formula is C37H42N8O10. The number of urea groups is 1. The zero-order chi connectivity index (χ0) is 39.9. The summed E-state index contributed by atoms with van der Waals surface area (Å²) in [6.45, 7) is 3.21. The summed E-state index contributed by atoms with van der Waals surface area (Å²) < 4.78 is 0. The molecule has 290 valence electrons. The van der Waals surface area contributed by atoms with E-state index in [0.29, 0.717) is 17.5 Å². The molecule has 0 unspecified atom stereocenters. The van der Waals surface area contributed by atoms with Crippen LogP contribution in [0.3, 0.4) is 0 Å². The monoisotopic (exact) mass is 758 g/mol. The third-order valence-corrected chi connectivity index (χ3v) is 8.25. The molecule has 1 heterocycles. The Morgan fingerprint density at radius 2 is 1.38 bits per heavy atom. The molecule has 4 atom stereocenters. The molecule has 0 saturated carbocycles. The van der Waals surface area contributed by atoms with Crippen LogP contribution in [0.5, 0.6) is 11.5 Å². The van der Waals surface area contributed by atoms with E-state index in [1.807, 2.05) is 0 Å². The minimum atomic E-state index is -1.72. The highest BCUT2D eigenvalue weighted by Crippen LogP contribution is 2.19. The number of nitrogens with two attached hydrogens (primary N) is 1. The van der Waals surface area contributed by atoms with Crippen LogP contribution in [-0.2, 0) is 43.3 Å². The number of nitrogens with one attached hydrogen (secondary N) is 5. The Kier molecular flexibility index (Phi) is 14.7. The first-order valence-corrected chi connectivity index (χ1v) is 17.0. The lowest BCUT2D eigenvalue weighted by Crippen LogP contribution is -2.57. The van der Waals surface area contributed by atoms with Crippen LogP contribution in [0, 0.1) is 0 Å². The maximum Gasteiger partial charge on any atom is 0.326 e. The van der Waals surface area contributed by atoms with Crippen molar-refractivity contribution >= 4 is 53.2 Å². The van der Waals surface area contributed by atoms with E-state index in [9.17, 15) is 44.4 Å². The molecule has 4 aromatic rings. The minimum absolute atomic E-state index is 0.0481. The molecule has 0 aliphatic carbocycles. The molecule has 1 aromatic heterocycles. The molecule has 18 nitrogen and oxygen atoms in total. The first-order valence-electron chi connectivity index (χ1n) is 17.0. The number of carbonyl (C=O) groups excluding carboxylic acids is 3. The van der Waals surface area contributed by atoms with E-state index in [0.717, 1.165) is 16.5 Å². The van der Waals surface area contributed by atoms with Gasteiger partial charge in [-0.05, 0) is 60.2 Å². The van der Waals surface area contributed by atoms with Crippen LogP contribution in [0.4, 0.5) is 4.79 Å². The number of carboxylic acid groups (broad SMARTS) is 2. The van der Waals surface area contributed by atoms with Gasteiger partial charge in [0.05, 0.1) is 19.0 Å². The van der Waals surface area contributed by atoms with Gasteiger partial charge in [-0.3, -0.25) is 14.4 Å². The molecule has 4 rings (SSSR count). The summed E-state index contributed by atoms with van der Waals surface area (Å²) in [6, 6.07) is 13.2. The molecule has 55 heavy (non-hydrogen) atoms. The van der Waals surface area contributed by atoms with Gasteiger partial charge in [0.2, 0.25) is 11.8 Å². The number of aliphatic carboxylic acids is 2. The van der Waals surface area contributed by atoms with Gasteiger partial charge < -0.3 is 57.2 Å². The fraction of sp³-hybridized carbons (Fsp3) is 0.270. The van der Waals surface area contributed by atoms with Crippen molar-refractivity contribution < 1.29 is 49.2 Å². The second-order valence-electron chi connectivity index (χ2n) is 12.4. The number of carbonyl (C=O) groups is 5. The Hall–Kier alpha value is -6.95. The van der Waals surface area contributed by atoms with Gasteiger partial charge in [-0.25, -0.2) is 14.6 Å². The first-order chi connectivity index (χ1) is 26.3. The maximum absolute atomic E-state index is 13.6. The van der Waals surface area contributed by atoms with Gasteiger partial charge in [0.25, 0.3) is 0 Å². The smallest absolute Gasteiger partial charge is 0.326 e. The summed E-state index contributed by atoms with van der Waals surface area (Å²) in [7, 11) is 0. The largest absolute Gasteiger partial charge is 0.508 e. The zero-order valence-corrected chi connectivity index (χ0v) is 29.5. The number of oxime groups is 1. The molecule has 4 amide bonds. The number of benzene rings is 3. The maximum atomic E-state index is 13.6. The number of fused-ring (bicyclic) bond motifs is 1. The Balaban J connectivity index is 1.38. The topological polar surface area (TPSA) is 290 Å². The number of nitrogens with zero attached hydrogens (tertiary/aromatic N) is 2. The molecule has 0 fully saturated rings. The minimum Gasteiger partial charge on any atom is -0.508 e. The van der Waals surface area contributed by atoms with E-state index in [4.69, 9.17) is 10.6 Å². The fourth-order valence-corrected chi connectivity index (χ4v) is 5.45. The van der Waals surface area contributed by atoms with Crippen molar-refractivity contribution in [2.24, 2.45) is 15.9 Å². The van der Waals surface area contributed by atoms with E-state index in [-0.39, 0.29) is 43.3 Å². The highest BCUT2D eigenvalue weighted by molar-refractivity contribution is 5.95. The molecular weight excluding hydrogens is 716 g/mol. The highest BCUT2D eigenvalue weighted by Gasteiger charge is 2.31. The van der Waals surface area contributed by atoms with E-state index < -0.39 is 60.4 Å². The molecule has 0 spiro atoms. The Bertz CT molecular complexity index is 2000. The van der Waals surface area contributed by atoms with Crippen molar-refractivity contribution in [3.05, 3.63) is 95.7 Å². The van der Waals surface area contributed by atoms with E-state index in [1.54, 1.807) is 42.6 Å². The van der Waals surface area contributed by atoms with Crippen LogP contribution < -0.4 is 27.0 Å². The van der Waals surface area contributed by atoms with Gasteiger partial charge in [0.15, 0.2) is 5.84 Å². The summed E-state index contributed by atoms with van der Waals surface area (Å²) >= 11 is 0. The van der Waals surface area contributed by atoms with Gasteiger partial charge in [-0.1, -0.05) is 47.6 Å². The summed E-state index contributed by atoms with van der Waals surface area (Å²) in [5.74, 6) is -4.70. The number of aliphatic imine (C=N–C) groups is 1. The third-order valence-electron chi connectivity index (χ3n) is 8.25. The zero-order valence-electron chi connectivity index (χ0n) is 29.5. The molecule has 3 aromatic carbocycles. The van der Waals surface area contributed by atoms with Crippen LogP contribution in [0.2, 0.25) is 0 Å². The average molecular weight is 759 g/mol. The second kappa shape index (κ2) is 19.8. The van der Waals surface area contributed by atoms with E-state index in [1.165, 1.54) is 36.4 Å². The number of amidine groups is 1. The third kappa shape index (κ3) is 12.6. The van der Waals surface area contributed by atoms with Gasteiger partial charge in [-0.2, -0.15) is 0 Å². The number of amides is 4. The Labute approximate surface area is 314 Å². The predicted molar refractivity (Wildman–Crippen MR) is 201 cm³/mol. The SMILES string of the molecule is C=N/C(=N\OCCNC(=O)N[C@@H](Cc1ccc(O)cc1)C(=O)N[C@@H](CC(=O)O)C(=O)N[C@@H](Cc1c[nH]c2ccccc12)C(=O)O)[C@@H](N)Cc1ccc(O)cc1. The highest BCUT2D eigenvalue weighted by atomic mass is 16.6. The Morgan fingerprint density at radius 1 is 0.782 bits per heavy atom. The summed E-state index contributed by atoms with van der Waals surface area (Å²) in [5, 5.41) is 52.9. The van der Waals surface area contributed by atoms with Gasteiger partial charge >= 0.3 is 18.0 Å². The lowest BCUT2D eigenvalue weighted by atomic mass is 10.0. The van der Waals surface area contributed by atoms with Crippen molar-refractivity contribution in [1.82, 2.24) is 26.3 Å².